The molecule has 7 nitrogen and oxygen atoms in total. The number of hydrogen-bond donors (Lipinski definition) is 2. The maximum atomic E-state index is 6.34. The van der Waals surface area contributed by atoms with E-state index in [4.69, 9.17) is 25.5 Å². The van der Waals surface area contributed by atoms with Crippen molar-refractivity contribution in [3.63, 3.8) is 0 Å². The summed E-state index contributed by atoms with van der Waals surface area (Å²) < 4.78 is 16.8. The molecular formula is C21H32ClIN4O3. The Morgan fingerprint density at radius 2 is 1.97 bits per heavy atom. The van der Waals surface area contributed by atoms with Gasteiger partial charge < -0.3 is 24.5 Å². The van der Waals surface area contributed by atoms with Crippen molar-refractivity contribution in [2.45, 2.75) is 53.1 Å². The lowest BCUT2D eigenvalue weighted by Gasteiger charge is -2.14. The number of halogens is 2. The van der Waals surface area contributed by atoms with E-state index in [1.54, 1.807) is 13.3 Å². The largest absolute Gasteiger partial charge is 0.493 e. The van der Waals surface area contributed by atoms with Gasteiger partial charge >= 0.3 is 0 Å². The van der Waals surface area contributed by atoms with Gasteiger partial charge in [-0.3, -0.25) is 0 Å². The number of benzene rings is 1. The zero-order chi connectivity index (χ0) is 21.4. The number of oxazole rings is 1. The maximum absolute atomic E-state index is 6.34. The van der Waals surface area contributed by atoms with E-state index in [0.29, 0.717) is 48.1 Å². The SMILES string of the molecule is CCNC(=NCc1cc(Cl)c(OCC)c(OC)c1)NCc1ncc(C(C)(C)C)o1.I. The predicted molar refractivity (Wildman–Crippen MR) is 131 cm³/mol. The van der Waals surface area contributed by atoms with Crippen molar-refractivity contribution in [3.05, 3.63) is 40.6 Å². The van der Waals surface area contributed by atoms with E-state index in [9.17, 15) is 0 Å². The standard InChI is InChI=1S/C21H31ClN4O3.HI/c1-7-23-20(26-13-18-24-12-17(29-18)21(3,4)5)25-11-14-9-15(22)19(28-8-2)16(10-14)27-6;/h9-10,12H,7-8,11,13H2,1-6H3,(H2,23,25,26);1H. The average Bonchev–Trinajstić information content (AvgIpc) is 3.15. The second-order valence-corrected chi connectivity index (χ2v) is 7.87. The molecule has 0 atom stereocenters. The van der Waals surface area contributed by atoms with Crippen molar-refractivity contribution in [2.75, 3.05) is 20.3 Å². The van der Waals surface area contributed by atoms with Gasteiger partial charge in [-0.25, -0.2) is 9.98 Å². The molecule has 2 aromatic rings. The Labute approximate surface area is 201 Å². The summed E-state index contributed by atoms with van der Waals surface area (Å²) >= 11 is 6.34. The van der Waals surface area contributed by atoms with Crippen LogP contribution >= 0.6 is 35.6 Å². The van der Waals surface area contributed by atoms with E-state index >= 15 is 0 Å². The van der Waals surface area contributed by atoms with Crippen LogP contribution in [-0.4, -0.2) is 31.2 Å². The van der Waals surface area contributed by atoms with E-state index in [0.717, 1.165) is 17.9 Å². The van der Waals surface area contributed by atoms with Crippen LogP contribution in [0.1, 0.15) is 51.8 Å². The quantitative estimate of drug-likeness (QED) is 0.276. The van der Waals surface area contributed by atoms with Crippen molar-refractivity contribution in [2.24, 2.45) is 4.99 Å². The molecule has 0 saturated heterocycles. The smallest absolute Gasteiger partial charge is 0.213 e. The molecule has 168 valence electrons. The van der Waals surface area contributed by atoms with Crippen molar-refractivity contribution in [1.82, 2.24) is 15.6 Å². The molecule has 0 aliphatic carbocycles. The molecular weight excluding hydrogens is 519 g/mol. The van der Waals surface area contributed by atoms with Crippen molar-refractivity contribution in [3.8, 4) is 11.5 Å². The zero-order valence-electron chi connectivity index (χ0n) is 18.5. The maximum Gasteiger partial charge on any atom is 0.213 e. The van der Waals surface area contributed by atoms with E-state index in [1.807, 2.05) is 26.0 Å². The molecule has 0 radical (unpaired) electrons. The fourth-order valence-corrected chi connectivity index (χ4v) is 2.85. The van der Waals surface area contributed by atoms with Gasteiger partial charge in [-0.05, 0) is 31.5 Å². The molecule has 2 rings (SSSR count). The predicted octanol–water partition coefficient (Wildman–Crippen LogP) is 4.91. The van der Waals surface area contributed by atoms with Crippen LogP contribution in [0.25, 0.3) is 0 Å². The van der Waals surface area contributed by atoms with Gasteiger partial charge in [0.25, 0.3) is 0 Å². The summed E-state index contributed by atoms with van der Waals surface area (Å²) in [7, 11) is 1.59. The zero-order valence-corrected chi connectivity index (χ0v) is 21.6. The monoisotopic (exact) mass is 550 g/mol. The number of aliphatic imine (C=N–C) groups is 1. The number of nitrogens with zero attached hydrogens (tertiary/aromatic N) is 2. The summed E-state index contributed by atoms with van der Waals surface area (Å²) in [5, 5.41) is 6.96. The van der Waals surface area contributed by atoms with Crippen LogP contribution in [0.3, 0.4) is 0 Å². The van der Waals surface area contributed by atoms with Crippen molar-refractivity contribution < 1.29 is 13.9 Å². The highest BCUT2D eigenvalue weighted by Crippen LogP contribution is 2.36. The Morgan fingerprint density at radius 3 is 2.53 bits per heavy atom. The lowest BCUT2D eigenvalue weighted by Crippen LogP contribution is -2.36. The van der Waals surface area contributed by atoms with Crippen LogP contribution in [0, 0.1) is 0 Å². The molecule has 0 spiro atoms. The van der Waals surface area contributed by atoms with Gasteiger partial charge in [-0.15, -0.1) is 24.0 Å². The van der Waals surface area contributed by atoms with Crippen LogP contribution in [0.4, 0.5) is 0 Å². The summed E-state index contributed by atoms with van der Waals surface area (Å²) in [5.41, 5.74) is 0.842. The Balaban J connectivity index is 0.00000450. The minimum Gasteiger partial charge on any atom is -0.493 e. The lowest BCUT2D eigenvalue weighted by atomic mass is 9.94. The number of nitrogens with one attached hydrogen (secondary N) is 2. The second-order valence-electron chi connectivity index (χ2n) is 7.46. The van der Waals surface area contributed by atoms with Crippen molar-refractivity contribution in [1.29, 1.82) is 0 Å². The Bertz CT molecular complexity index is 834. The van der Waals surface area contributed by atoms with Gasteiger partial charge in [-0.2, -0.15) is 0 Å². The van der Waals surface area contributed by atoms with Gasteiger partial charge in [0.1, 0.15) is 5.76 Å². The summed E-state index contributed by atoms with van der Waals surface area (Å²) in [5.74, 6) is 3.27. The number of guanidine groups is 1. The van der Waals surface area contributed by atoms with Crippen LogP contribution < -0.4 is 20.1 Å². The van der Waals surface area contributed by atoms with E-state index < -0.39 is 0 Å². The van der Waals surface area contributed by atoms with E-state index in [1.165, 1.54) is 0 Å². The van der Waals surface area contributed by atoms with Gasteiger partial charge in [0.05, 0.1) is 38.0 Å². The first-order valence-electron chi connectivity index (χ1n) is 9.75. The highest BCUT2D eigenvalue weighted by molar-refractivity contribution is 14.0. The molecule has 1 aromatic carbocycles. The summed E-state index contributed by atoms with van der Waals surface area (Å²) in [6.07, 6.45) is 1.77. The van der Waals surface area contributed by atoms with Crippen LogP contribution in [0.2, 0.25) is 5.02 Å². The minimum absolute atomic E-state index is 0. The van der Waals surface area contributed by atoms with Crippen LogP contribution in [0.15, 0.2) is 27.7 Å². The number of methoxy groups -OCH3 is 1. The Kier molecular flexibility index (Phi) is 10.8. The molecule has 30 heavy (non-hydrogen) atoms. The molecule has 0 unspecified atom stereocenters. The third-order valence-corrected chi connectivity index (χ3v) is 4.32. The molecule has 0 amide bonds. The van der Waals surface area contributed by atoms with Crippen LogP contribution in [0.5, 0.6) is 11.5 Å². The molecule has 1 heterocycles. The Hall–Kier alpha value is -1.68. The third-order valence-electron chi connectivity index (χ3n) is 4.04. The first-order chi connectivity index (χ1) is 13.8. The summed E-state index contributed by atoms with van der Waals surface area (Å²) in [6, 6.07) is 3.72. The molecule has 0 aliphatic rings. The van der Waals surface area contributed by atoms with Crippen molar-refractivity contribution >= 4 is 41.5 Å². The number of aromatic nitrogens is 1. The number of rotatable bonds is 8. The van der Waals surface area contributed by atoms with Crippen LogP contribution in [-0.2, 0) is 18.5 Å². The fourth-order valence-electron chi connectivity index (χ4n) is 2.56. The topological polar surface area (TPSA) is 80.9 Å². The van der Waals surface area contributed by atoms with Gasteiger partial charge in [-0.1, -0.05) is 32.4 Å². The third kappa shape index (κ3) is 7.54. The average molecular weight is 551 g/mol. The highest BCUT2D eigenvalue weighted by Gasteiger charge is 2.19. The normalized spacial score (nSPS) is 11.6. The molecule has 0 aliphatic heterocycles. The second kappa shape index (κ2) is 12.2. The number of ether oxygens (including phenoxy) is 2. The van der Waals surface area contributed by atoms with E-state index in [2.05, 4.69) is 41.4 Å². The van der Waals surface area contributed by atoms with Gasteiger partial charge in [0.15, 0.2) is 17.5 Å². The summed E-state index contributed by atoms with van der Waals surface area (Å²) in [4.78, 5) is 8.95. The molecule has 1 aromatic heterocycles. The molecule has 0 saturated carbocycles. The first kappa shape index (κ1) is 26.4. The first-order valence-corrected chi connectivity index (χ1v) is 10.1. The molecule has 0 fully saturated rings. The van der Waals surface area contributed by atoms with E-state index in [-0.39, 0.29) is 29.4 Å². The Morgan fingerprint density at radius 1 is 1.23 bits per heavy atom. The molecule has 0 bridgehead atoms. The van der Waals surface area contributed by atoms with Gasteiger partial charge in [0.2, 0.25) is 5.89 Å². The lowest BCUT2D eigenvalue weighted by molar-refractivity contribution is 0.311. The van der Waals surface area contributed by atoms with Gasteiger partial charge in [0, 0.05) is 12.0 Å². The fraction of sp³-hybridized carbons (Fsp3) is 0.524. The minimum atomic E-state index is -0.0736. The molecule has 9 heteroatoms. The highest BCUT2D eigenvalue weighted by atomic mass is 127. The number of hydrogen-bond acceptors (Lipinski definition) is 5. The molecule has 2 N–H and O–H groups in total. The summed E-state index contributed by atoms with van der Waals surface area (Å²) in [6.45, 7) is 12.3.